The van der Waals surface area contributed by atoms with Gasteiger partial charge in [0.1, 0.15) is 0 Å². The van der Waals surface area contributed by atoms with Crippen LogP contribution in [0.4, 0.5) is 0 Å². The first-order valence-electron chi connectivity index (χ1n) is 7.49. The summed E-state index contributed by atoms with van der Waals surface area (Å²) in [5, 5.41) is 6.19. The first-order chi connectivity index (χ1) is 9.38. The molecule has 1 aliphatic rings. The maximum absolute atomic E-state index is 3.36. The molecule has 1 heteroatoms. The molecule has 19 heavy (non-hydrogen) atoms. The van der Waals surface area contributed by atoms with E-state index in [-0.39, 0.29) is 0 Å². The number of fused-ring (bicyclic) bond motifs is 1. The average molecular weight is 253 g/mol. The molecule has 1 aliphatic carbocycles. The van der Waals surface area contributed by atoms with Crippen LogP contribution in [-0.4, -0.2) is 13.6 Å². The molecule has 1 fully saturated rings. The highest BCUT2D eigenvalue weighted by atomic mass is 14.8. The molecular formula is C18H23N. The Kier molecular flexibility index (Phi) is 3.84. The van der Waals surface area contributed by atoms with Crippen LogP contribution in [0, 0.1) is 11.8 Å². The van der Waals surface area contributed by atoms with E-state index in [9.17, 15) is 0 Å². The topological polar surface area (TPSA) is 12.0 Å². The molecule has 100 valence electrons. The summed E-state index contributed by atoms with van der Waals surface area (Å²) in [7, 11) is 2.08. The summed E-state index contributed by atoms with van der Waals surface area (Å²) in [6.07, 6.45) is 5.45. The van der Waals surface area contributed by atoms with Crippen molar-refractivity contribution in [3.63, 3.8) is 0 Å². The Morgan fingerprint density at radius 3 is 2.68 bits per heavy atom. The molecule has 0 aliphatic heterocycles. The molecule has 1 saturated carbocycles. The molecule has 0 saturated heterocycles. The van der Waals surface area contributed by atoms with Crippen molar-refractivity contribution in [1.29, 1.82) is 0 Å². The molecule has 2 aromatic rings. The second-order valence-electron chi connectivity index (χ2n) is 5.85. The molecule has 1 N–H and O–H groups in total. The van der Waals surface area contributed by atoms with Gasteiger partial charge in [-0.3, -0.25) is 0 Å². The third-order valence-corrected chi connectivity index (χ3v) is 4.64. The predicted octanol–water partition coefficient (Wildman–Crippen LogP) is 4.02. The van der Waals surface area contributed by atoms with E-state index < -0.39 is 0 Å². The lowest BCUT2D eigenvalue weighted by molar-refractivity contribution is 0.375. The summed E-state index contributed by atoms with van der Waals surface area (Å²) in [4.78, 5) is 0. The van der Waals surface area contributed by atoms with Crippen LogP contribution in [0.5, 0.6) is 0 Å². The van der Waals surface area contributed by atoms with E-state index in [1.807, 2.05) is 0 Å². The Morgan fingerprint density at radius 1 is 1.00 bits per heavy atom. The zero-order valence-electron chi connectivity index (χ0n) is 11.7. The molecule has 3 rings (SSSR count). The molecule has 0 heterocycles. The second kappa shape index (κ2) is 5.75. The summed E-state index contributed by atoms with van der Waals surface area (Å²) in [5.41, 5.74) is 1.53. The fraction of sp³-hybridized carbons (Fsp3) is 0.444. The molecule has 0 spiro atoms. The van der Waals surface area contributed by atoms with Gasteiger partial charge in [-0.1, -0.05) is 48.9 Å². The van der Waals surface area contributed by atoms with Crippen molar-refractivity contribution in [3.05, 3.63) is 48.0 Å². The first kappa shape index (κ1) is 12.7. The monoisotopic (exact) mass is 253 g/mol. The normalized spacial score (nSPS) is 23.0. The Bertz CT molecular complexity index is 541. The highest BCUT2D eigenvalue weighted by Gasteiger charge is 2.26. The van der Waals surface area contributed by atoms with Gasteiger partial charge in [0.15, 0.2) is 0 Å². The molecular weight excluding hydrogens is 230 g/mol. The molecule has 0 amide bonds. The number of hydrogen-bond acceptors (Lipinski definition) is 1. The lowest BCUT2D eigenvalue weighted by atomic mass is 9.88. The van der Waals surface area contributed by atoms with Crippen LogP contribution < -0.4 is 5.32 Å². The largest absolute Gasteiger partial charge is 0.319 e. The Morgan fingerprint density at radius 2 is 1.79 bits per heavy atom. The molecule has 2 atom stereocenters. The number of benzene rings is 2. The van der Waals surface area contributed by atoms with Gasteiger partial charge in [-0.15, -0.1) is 0 Å². The van der Waals surface area contributed by atoms with E-state index >= 15 is 0 Å². The van der Waals surface area contributed by atoms with Crippen molar-refractivity contribution >= 4 is 10.8 Å². The quantitative estimate of drug-likeness (QED) is 0.868. The fourth-order valence-corrected chi connectivity index (χ4v) is 3.67. The van der Waals surface area contributed by atoms with Crippen LogP contribution in [0.1, 0.15) is 24.8 Å². The molecule has 0 radical (unpaired) electrons. The van der Waals surface area contributed by atoms with E-state index in [0.29, 0.717) is 0 Å². The predicted molar refractivity (Wildman–Crippen MR) is 82.4 cm³/mol. The minimum atomic E-state index is 0.859. The van der Waals surface area contributed by atoms with E-state index in [4.69, 9.17) is 0 Å². The van der Waals surface area contributed by atoms with Gasteiger partial charge in [0, 0.05) is 0 Å². The van der Waals surface area contributed by atoms with Crippen molar-refractivity contribution in [2.24, 2.45) is 11.8 Å². The van der Waals surface area contributed by atoms with Crippen molar-refractivity contribution in [1.82, 2.24) is 5.32 Å². The first-order valence-corrected chi connectivity index (χ1v) is 7.49. The van der Waals surface area contributed by atoms with E-state index in [1.165, 1.54) is 48.6 Å². The summed E-state index contributed by atoms with van der Waals surface area (Å²) < 4.78 is 0. The Balaban J connectivity index is 1.85. The third-order valence-electron chi connectivity index (χ3n) is 4.64. The fourth-order valence-electron chi connectivity index (χ4n) is 3.67. The number of rotatable bonds is 4. The smallest absolute Gasteiger partial charge is 0.00208 e. The lowest BCUT2D eigenvalue weighted by Gasteiger charge is -2.20. The van der Waals surface area contributed by atoms with Gasteiger partial charge in [0.2, 0.25) is 0 Å². The van der Waals surface area contributed by atoms with E-state index in [1.54, 1.807) is 0 Å². The zero-order chi connectivity index (χ0) is 13.1. The standard InChI is InChI=1S/C18H23N/c1-19-13-17-10-5-8-15(17)12-16-9-4-7-14-6-2-3-11-18(14)16/h2-4,6-7,9,11,15,17,19H,5,8,10,12-13H2,1H3. The van der Waals surface area contributed by atoms with Gasteiger partial charge in [-0.25, -0.2) is 0 Å². The maximum atomic E-state index is 3.36. The zero-order valence-corrected chi connectivity index (χ0v) is 11.7. The van der Waals surface area contributed by atoms with Crippen LogP contribution in [0.2, 0.25) is 0 Å². The van der Waals surface area contributed by atoms with Crippen LogP contribution in [0.3, 0.4) is 0 Å². The Labute approximate surface area is 116 Å². The minimum absolute atomic E-state index is 0.859. The van der Waals surface area contributed by atoms with Gasteiger partial charge >= 0.3 is 0 Å². The molecule has 0 bridgehead atoms. The average Bonchev–Trinajstić information content (AvgIpc) is 2.87. The van der Waals surface area contributed by atoms with Gasteiger partial charge in [-0.2, -0.15) is 0 Å². The minimum Gasteiger partial charge on any atom is -0.319 e. The second-order valence-corrected chi connectivity index (χ2v) is 5.85. The van der Waals surface area contributed by atoms with Crippen LogP contribution in [0.15, 0.2) is 42.5 Å². The number of nitrogens with one attached hydrogen (secondary N) is 1. The SMILES string of the molecule is CNCC1CCCC1Cc1cccc2ccccc12. The van der Waals surface area contributed by atoms with Gasteiger partial charge in [0.25, 0.3) is 0 Å². The van der Waals surface area contributed by atoms with Crippen LogP contribution in [0.25, 0.3) is 10.8 Å². The van der Waals surface area contributed by atoms with Crippen molar-refractivity contribution < 1.29 is 0 Å². The lowest BCUT2D eigenvalue weighted by Crippen LogP contribution is -2.23. The summed E-state index contributed by atoms with van der Waals surface area (Å²) >= 11 is 0. The van der Waals surface area contributed by atoms with Crippen molar-refractivity contribution in [2.45, 2.75) is 25.7 Å². The summed E-state index contributed by atoms with van der Waals surface area (Å²) in [6, 6.07) is 15.5. The van der Waals surface area contributed by atoms with E-state index in [2.05, 4.69) is 54.8 Å². The number of hydrogen-bond donors (Lipinski definition) is 1. The highest BCUT2D eigenvalue weighted by molar-refractivity contribution is 5.85. The van der Waals surface area contributed by atoms with E-state index in [0.717, 1.165) is 11.8 Å². The third kappa shape index (κ3) is 2.66. The molecule has 1 nitrogen and oxygen atoms in total. The van der Waals surface area contributed by atoms with Gasteiger partial charge < -0.3 is 5.32 Å². The maximum Gasteiger partial charge on any atom is -0.00208 e. The van der Waals surface area contributed by atoms with Gasteiger partial charge in [0.05, 0.1) is 0 Å². The van der Waals surface area contributed by atoms with Crippen molar-refractivity contribution in [2.75, 3.05) is 13.6 Å². The van der Waals surface area contributed by atoms with Crippen LogP contribution in [-0.2, 0) is 6.42 Å². The molecule has 2 aromatic carbocycles. The van der Waals surface area contributed by atoms with Gasteiger partial charge in [-0.05, 0) is 61.0 Å². The summed E-state index contributed by atoms with van der Waals surface area (Å²) in [5.74, 6) is 1.72. The summed E-state index contributed by atoms with van der Waals surface area (Å²) in [6.45, 7) is 1.18. The Hall–Kier alpha value is -1.34. The van der Waals surface area contributed by atoms with Crippen LogP contribution >= 0.6 is 0 Å². The van der Waals surface area contributed by atoms with Crippen molar-refractivity contribution in [3.8, 4) is 0 Å². The highest BCUT2D eigenvalue weighted by Crippen LogP contribution is 2.35. The molecule has 0 aromatic heterocycles. The molecule has 2 unspecified atom stereocenters.